The SMILES string of the molecule is CN(c1cc(Nc2ccccc2Cl)ncn1)C1CCS(=O)(=O)C1. The third kappa shape index (κ3) is 3.73. The van der Waals surface area contributed by atoms with Gasteiger partial charge in [-0.1, -0.05) is 23.7 Å². The van der Waals surface area contributed by atoms with E-state index in [1.54, 1.807) is 12.1 Å². The van der Waals surface area contributed by atoms with Crippen LogP contribution in [0.4, 0.5) is 17.3 Å². The Bertz CT molecular complexity index is 813. The van der Waals surface area contributed by atoms with Gasteiger partial charge in [0.2, 0.25) is 0 Å². The lowest BCUT2D eigenvalue weighted by molar-refractivity contribution is 0.600. The average molecular weight is 353 g/mol. The monoisotopic (exact) mass is 352 g/mol. The van der Waals surface area contributed by atoms with Crippen LogP contribution in [0.3, 0.4) is 0 Å². The summed E-state index contributed by atoms with van der Waals surface area (Å²) in [6.45, 7) is 0. The molecule has 6 nitrogen and oxygen atoms in total. The highest BCUT2D eigenvalue weighted by Crippen LogP contribution is 2.26. The van der Waals surface area contributed by atoms with Crippen LogP contribution in [0.5, 0.6) is 0 Å². The van der Waals surface area contributed by atoms with Crippen LogP contribution >= 0.6 is 11.6 Å². The molecule has 122 valence electrons. The van der Waals surface area contributed by atoms with Gasteiger partial charge < -0.3 is 10.2 Å². The Morgan fingerprint density at radius 3 is 2.78 bits per heavy atom. The lowest BCUT2D eigenvalue weighted by Crippen LogP contribution is -2.33. The summed E-state index contributed by atoms with van der Waals surface area (Å²) in [5.41, 5.74) is 0.755. The second-order valence-corrected chi connectivity index (χ2v) is 8.17. The first-order valence-electron chi connectivity index (χ1n) is 7.21. The van der Waals surface area contributed by atoms with Gasteiger partial charge in [0.15, 0.2) is 9.84 Å². The molecule has 1 aromatic carbocycles. The lowest BCUT2D eigenvalue weighted by Gasteiger charge is -2.24. The number of halogens is 1. The van der Waals surface area contributed by atoms with E-state index in [1.165, 1.54) is 6.33 Å². The number of hydrogen-bond donors (Lipinski definition) is 1. The minimum atomic E-state index is -2.93. The summed E-state index contributed by atoms with van der Waals surface area (Å²) >= 11 is 6.13. The first kappa shape index (κ1) is 16.0. The van der Waals surface area contributed by atoms with Crippen molar-refractivity contribution in [1.82, 2.24) is 9.97 Å². The smallest absolute Gasteiger partial charge is 0.152 e. The molecule has 8 heteroatoms. The Hall–Kier alpha value is -1.86. The first-order valence-corrected chi connectivity index (χ1v) is 9.41. The Balaban J connectivity index is 1.79. The summed E-state index contributed by atoms with van der Waals surface area (Å²) in [4.78, 5) is 10.3. The highest BCUT2D eigenvalue weighted by Gasteiger charge is 2.31. The van der Waals surface area contributed by atoms with E-state index >= 15 is 0 Å². The molecule has 1 unspecified atom stereocenters. The first-order chi connectivity index (χ1) is 10.9. The zero-order valence-electron chi connectivity index (χ0n) is 12.6. The number of aromatic nitrogens is 2. The number of nitrogens with zero attached hydrogens (tertiary/aromatic N) is 3. The van der Waals surface area contributed by atoms with Gasteiger partial charge in [-0.2, -0.15) is 0 Å². The quantitative estimate of drug-likeness (QED) is 0.911. The molecule has 0 amide bonds. The van der Waals surface area contributed by atoms with Gasteiger partial charge in [0.1, 0.15) is 18.0 Å². The van der Waals surface area contributed by atoms with Gasteiger partial charge in [-0.25, -0.2) is 18.4 Å². The predicted molar refractivity (Wildman–Crippen MR) is 92.2 cm³/mol. The fourth-order valence-electron chi connectivity index (χ4n) is 2.58. The highest BCUT2D eigenvalue weighted by molar-refractivity contribution is 7.91. The van der Waals surface area contributed by atoms with Crippen molar-refractivity contribution in [3.8, 4) is 0 Å². The maximum atomic E-state index is 11.6. The second-order valence-electron chi connectivity index (χ2n) is 5.53. The molecule has 0 saturated carbocycles. The van der Waals surface area contributed by atoms with Crippen LogP contribution < -0.4 is 10.2 Å². The largest absolute Gasteiger partial charge is 0.355 e. The second kappa shape index (κ2) is 6.33. The van der Waals surface area contributed by atoms with Crippen molar-refractivity contribution in [2.24, 2.45) is 0 Å². The van der Waals surface area contributed by atoms with E-state index in [2.05, 4.69) is 15.3 Å². The molecule has 3 rings (SSSR count). The normalized spacial score (nSPS) is 19.5. The van der Waals surface area contributed by atoms with E-state index < -0.39 is 9.84 Å². The van der Waals surface area contributed by atoms with Gasteiger partial charge in [0.05, 0.1) is 22.2 Å². The number of hydrogen-bond acceptors (Lipinski definition) is 6. The number of sulfone groups is 1. The zero-order chi connectivity index (χ0) is 16.4. The molecule has 1 aliphatic heterocycles. The van der Waals surface area contributed by atoms with E-state index in [1.807, 2.05) is 30.1 Å². The molecule has 2 aromatic rings. The molecule has 1 atom stereocenters. The predicted octanol–water partition coefficient (Wildman–Crippen LogP) is 2.50. The van der Waals surface area contributed by atoms with Crippen LogP contribution in [-0.2, 0) is 9.84 Å². The molecule has 1 saturated heterocycles. The Kier molecular flexibility index (Phi) is 4.41. The number of rotatable bonds is 4. The topological polar surface area (TPSA) is 75.2 Å². The third-order valence-corrected chi connectivity index (χ3v) is 5.99. The molecule has 1 aromatic heterocycles. The van der Waals surface area contributed by atoms with Crippen LogP contribution in [0.15, 0.2) is 36.7 Å². The lowest BCUT2D eigenvalue weighted by atomic mass is 10.2. The molecule has 1 N–H and O–H groups in total. The summed E-state index contributed by atoms with van der Waals surface area (Å²) in [6.07, 6.45) is 2.07. The highest BCUT2D eigenvalue weighted by atomic mass is 35.5. The Morgan fingerprint density at radius 1 is 1.30 bits per heavy atom. The van der Waals surface area contributed by atoms with Crippen molar-refractivity contribution in [2.75, 3.05) is 28.8 Å². The zero-order valence-corrected chi connectivity index (χ0v) is 14.2. The van der Waals surface area contributed by atoms with Crippen LogP contribution in [-0.4, -0.2) is 43.0 Å². The number of nitrogens with one attached hydrogen (secondary N) is 1. The molecule has 2 heterocycles. The standard InChI is InChI=1S/C15H17ClN4O2S/c1-20(11-6-7-23(21,22)9-11)15-8-14(17-10-18-15)19-13-5-3-2-4-12(13)16/h2-5,8,10-11H,6-7,9H2,1H3,(H,17,18,19). The summed E-state index contributed by atoms with van der Waals surface area (Å²) < 4.78 is 23.3. The minimum Gasteiger partial charge on any atom is -0.355 e. The molecular formula is C15H17ClN4O2S. The van der Waals surface area contributed by atoms with Crippen LogP contribution in [0, 0.1) is 0 Å². The number of benzene rings is 1. The van der Waals surface area contributed by atoms with Crippen LogP contribution in [0.25, 0.3) is 0 Å². The van der Waals surface area contributed by atoms with Gasteiger partial charge in [0.25, 0.3) is 0 Å². The van der Waals surface area contributed by atoms with Crippen molar-refractivity contribution in [3.05, 3.63) is 41.7 Å². The number of anilines is 3. The van der Waals surface area contributed by atoms with Crippen LogP contribution in [0.2, 0.25) is 5.02 Å². The van der Waals surface area contributed by atoms with Crippen molar-refractivity contribution in [2.45, 2.75) is 12.5 Å². The maximum absolute atomic E-state index is 11.6. The van der Waals surface area contributed by atoms with E-state index in [0.717, 1.165) is 5.69 Å². The molecule has 0 bridgehead atoms. The van der Waals surface area contributed by atoms with Crippen molar-refractivity contribution in [1.29, 1.82) is 0 Å². The summed E-state index contributed by atoms with van der Waals surface area (Å²) in [7, 11) is -1.08. The van der Waals surface area contributed by atoms with Crippen LogP contribution in [0.1, 0.15) is 6.42 Å². The van der Waals surface area contributed by atoms with E-state index in [9.17, 15) is 8.42 Å². The summed E-state index contributed by atoms with van der Waals surface area (Å²) in [6, 6.07) is 9.12. The average Bonchev–Trinajstić information content (AvgIpc) is 2.89. The van der Waals surface area contributed by atoms with Gasteiger partial charge in [-0.15, -0.1) is 0 Å². The van der Waals surface area contributed by atoms with Gasteiger partial charge in [-0.05, 0) is 18.6 Å². The summed E-state index contributed by atoms with van der Waals surface area (Å²) in [5, 5.41) is 3.75. The molecule has 1 aliphatic rings. The summed E-state index contributed by atoms with van der Waals surface area (Å²) in [5.74, 6) is 1.69. The van der Waals surface area contributed by atoms with Crippen molar-refractivity contribution >= 4 is 38.8 Å². The maximum Gasteiger partial charge on any atom is 0.152 e. The number of para-hydroxylation sites is 1. The van der Waals surface area contributed by atoms with E-state index in [0.29, 0.717) is 23.1 Å². The molecule has 1 fully saturated rings. The van der Waals surface area contributed by atoms with Gasteiger partial charge in [0, 0.05) is 19.2 Å². The molecule has 0 aliphatic carbocycles. The van der Waals surface area contributed by atoms with Crippen molar-refractivity contribution in [3.63, 3.8) is 0 Å². The van der Waals surface area contributed by atoms with Crippen molar-refractivity contribution < 1.29 is 8.42 Å². The van der Waals surface area contributed by atoms with Gasteiger partial charge in [-0.3, -0.25) is 0 Å². The van der Waals surface area contributed by atoms with E-state index in [4.69, 9.17) is 11.6 Å². The third-order valence-electron chi connectivity index (χ3n) is 3.91. The molecule has 23 heavy (non-hydrogen) atoms. The minimum absolute atomic E-state index is 0.0527. The van der Waals surface area contributed by atoms with Gasteiger partial charge >= 0.3 is 0 Å². The Morgan fingerprint density at radius 2 is 2.09 bits per heavy atom. The Labute approximate surface area is 140 Å². The van der Waals surface area contributed by atoms with E-state index in [-0.39, 0.29) is 17.5 Å². The molecule has 0 radical (unpaired) electrons. The molecule has 0 spiro atoms. The fourth-order valence-corrected chi connectivity index (χ4v) is 4.53. The molecular weight excluding hydrogens is 336 g/mol. The fraction of sp³-hybridized carbons (Fsp3) is 0.333.